The second-order valence-corrected chi connectivity index (χ2v) is 4.05. The molecule has 0 fully saturated rings. The Labute approximate surface area is 103 Å². The summed E-state index contributed by atoms with van der Waals surface area (Å²) in [5, 5.41) is 0. The first-order valence-corrected chi connectivity index (χ1v) is 5.79. The van der Waals surface area contributed by atoms with Gasteiger partial charge in [0.15, 0.2) is 0 Å². The molecule has 4 nitrogen and oxygen atoms in total. The van der Waals surface area contributed by atoms with Crippen LogP contribution in [-0.4, -0.2) is 40.0 Å². The smallest absolute Gasteiger partial charge is 0.0663 e. The summed E-state index contributed by atoms with van der Waals surface area (Å²) in [4.78, 5) is 2.21. The van der Waals surface area contributed by atoms with E-state index in [4.69, 9.17) is 15.2 Å². The third kappa shape index (κ3) is 3.91. The minimum atomic E-state index is 0.264. The van der Waals surface area contributed by atoms with Crippen LogP contribution in [0.5, 0.6) is 0 Å². The summed E-state index contributed by atoms with van der Waals surface area (Å²) in [7, 11) is 3.41. The van der Waals surface area contributed by atoms with Crippen molar-refractivity contribution in [2.24, 2.45) is 0 Å². The van der Waals surface area contributed by atoms with Crippen LogP contribution in [0.25, 0.3) is 0 Å². The molecule has 2 N–H and O–H groups in total. The summed E-state index contributed by atoms with van der Waals surface area (Å²) >= 11 is 0. The second kappa shape index (κ2) is 7.14. The Bertz CT molecular complexity index is 331. The van der Waals surface area contributed by atoms with E-state index in [9.17, 15) is 0 Å². The normalized spacial score (nSPS) is 12.4. The van der Waals surface area contributed by atoms with Crippen LogP contribution >= 0.6 is 0 Å². The molecular formula is C13H22N2O2. The van der Waals surface area contributed by atoms with Crippen molar-refractivity contribution < 1.29 is 9.47 Å². The number of nitrogens with zero attached hydrogens (tertiary/aromatic N) is 1. The Hall–Kier alpha value is -1.26. The standard InChI is InChI=1S/C13H22N2O2/c1-11(10-17-3)15(8-9-16-2)13-7-5-4-6-12(13)14/h4-7,11H,8-10,14H2,1-3H3. The fraction of sp³-hybridized carbons (Fsp3) is 0.538. The fourth-order valence-corrected chi connectivity index (χ4v) is 1.85. The number of nitrogen functional groups attached to an aromatic ring is 1. The molecule has 0 aliphatic heterocycles. The van der Waals surface area contributed by atoms with E-state index < -0.39 is 0 Å². The van der Waals surface area contributed by atoms with Crippen molar-refractivity contribution in [3.8, 4) is 0 Å². The Morgan fingerprint density at radius 3 is 2.53 bits per heavy atom. The van der Waals surface area contributed by atoms with Crippen LogP contribution in [0.3, 0.4) is 0 Å². The number of hydrogen-bond acceptors (Lipinski definition) is 4. The minimum absolute atomic E-state index is 0.264. The highest BCUT2D eigenvalue weighted by atomic mass is 16.5. The molecule has 0 aliphatic rings. The first kappa shape index (κ1) is 13.8. The van der Waals surface area contributed by atoms with Gasteiger partial charge in [0.25, 0.3) is 0 Å². The molecule has 0 saturated carbocycles. The maximum absolute atomic E-state index is 6.00. The number of hydrogen-bond donors (Lipinski definition) is 1. The van der Waals surface area contributed by atoms with E-state index in [1.54, 1.807) is 14.2 Å². The van der Waals surface area contributed by atoms with Gasteiger partial charge < -0.3 is 20.1 Å². The van der Waals surface area contributed by atoms with Crippen LogP contribution in [0.2, 0.25) is 0 Å². The van der Waals surface area contributed by atoms with Crippen LogP contribution in [0.4, 0.5) is 11.4 Å². The van der Waals surface area contributed by atoms with E-state index in [0.717, 1.165) is 17.9 Å². The van der Waals surface area contributed by atoms with Gasteiger partial charge in [0.05, 0.1) is 24.6 Å². The molecule has 96 valence electrons. The molecule has 4 heteroatoms. The van der Waals surface area contributed by atoms with Gasteiger partial charge in [-0.15, -0.1) is 0 Å². The van der Waals surface area contributed by atoms with Gasteiger partial charge in [0.1, 0.15) is 0 Å². The predicted molar refractivity (Wildman–Crippen MR) is 71.4 cm³/mol. The summed E-state index contributed by atoms with van der Waals surface area (Å²) in [6, 6.07) is 8.13. The molecular weight excluding hydrogens is 216 g/mol. The SMILES string of the molecule is COCCN(c1ccccc1N)C(C)COC. The van der Waals surface area contributed by atoms with Crippen LogP contribution in [-0.2, 0) is 9.47 Å². The van der Waals surface area contributed by atoms with Gasteiger partial charge in [-0.25, -0.2) is 0 Å². The molecule has 0 aromatic heterocycles. The van der Waals surface area contributed by atoms with Crippen molar-refractivity contribution in [3.05, 3.63) is 24.3 Å². The van der Waals surface area contributed by atoms with E-state index in [2.05, 4.69) is 11.8 Å². The van der Waals surface area contributed by atoms with Gasteiger partial charge in [-0.2, -0.15) is 0 Å². The lowest BCUT2D eigenvalue weighted by molar-refractivity contribution is 0.171. The lowest BCUT2D eigenvalue weighted by Gasteiger charge is -2.31. The van der Waals surface area contributed by atoms with Crippen LogP contribution < -0.4 is 10.6 Å². The highest BCUT2D eigenvalue weighted by Gasteiger charge is 2.15. The number of ether oxygens (including phenoxy) is 2. The number of anilines is 2. The zero-order valence-corrected chi connectivity index (χ0v) is 10.8. The molecule has 1 aromatic rings. The van der Waals surface area contributed by atoms with Crippen molar-refractivity contribution in [3.63, 3.8) is 0 Å². The van der Waals surface area contributed by atoms with Gasteiger partial charge >= 0.3 is 0 Å². The van der Waals surface area contributed by atoms with Crippen LogP contribution in [0, 0.1) is 0 Å². The number of para-hydroxylation sites is 2. The molecule has 0 amide bonds. The molecule has 1 aromatic carbocycles. The van der Waals surface area contributed by atoms with Crippen molar-refractivity contribution in [2.75, 3.05) is 44.6 Å². The molecule has 1 unspecified atom stereocenters. The lowest BCUT2D eigenvalue weighted by Crippen LogP contribution is -2.39. The highest BCUT2D eigenvalue weighted by Crippen LogP contribution is 2.24. The molecule has 0 heterocycles. The number of rotatable bonds is 7. The molecule has 1 atom stereocenters. The van der Waals surface area contributed by atoms with Crippen molar-refractivity contribution in [1.29, 1.82) is 0 Å². The zero-order valence-electron chi connectivity index (χ0n) is 10.8. The fourth-order valence-electron chi connectivity index (χ4n) is 1.85. The average Bonchev–Trinajstić information content (AvgIpc) is 2.32. The van der Waals surface area contributed by atoms with Crippen LogP contribution in [0.15, 0.2) is 24.3 Å². The first-order chi connectivity index (χ1) is 8.20. The van der Waals surface area contributed by atoms with Gasteiger partial charge in [-0.05, 0) is 19.1 Å². The van der Waals surface area contributed by atoms with E-state index in [1.165, 1.54) is 0 Å². The average molecular weight is 238 g/mol. The van der Waals surface area contributed by atoms with Gasteiger partial charge in [0.2, 0.25) is 0 Å². The van der Waals surface area contributed by atoms with Crippen molar-refractivity contribution in [2.45, 2.75) is 13.0 Å². The predicted octanol–water partition coefficient (Wildman–Crippen LogP) is 1.76. The second-order valence-electron chi connectivity index (χ2n) is 4.05. The van der Waals surface area contributed by atoms with Crippen molar-refractivity contribution in [1.82, 2.24) is 0 Å². The molecule has 0 aliphatic carbocycles. The van der Waals surface area contributed by atoms with E-state index in [1.807, 2.05) is 24.3 Å². The Morgan fingerprint density at radius 1 is 1.24 bits per heavy atom. The highest BCUT2D eigenvalue weighted by molar-refractivity contribution is 5.67. The molecule has 0 saturated heterocycles. The molecule has 0 bridgehead atoms. The largest absolute Gasteiger partial charge is 0.397 e. The van der Waals surface area contributed by atoms with E-state index >= 15 is 0 Å². The topological polar surface area (TPSA) is 47.7 Å². The van der Waals surface area contributed by atoms with Gasteiger partial charge in [-0.1, -0.05) is 12.1 Å². The number of benzene rings is 1. The summed E-state index contributed by atoms with van der Waals surface area (Å²) in [5.41, 5.74) is 7.82. The van der Waals surface area contributed by atoms with Gasteiger partial charge in [-0.3, -0.25) is 0 Å². The lowest BCUT2D eigenvalue weighted by atomic mass is 10.2. The zero-order chi connectivity index (χ0) is 12.7. The molecule has 17 heavy (non-hydrogen) atoms. The van der Waals surface area contributed by atoms with Gasteiger partial charge in [0, 0.05) is 26.8 Å². The number of nitrogens with two attached hydrogens (primary N) is 1. The van der Waals surface area contributed by atoms with Crippen molar-refractivity contribution >= 4 is 11.4 Å². The summed E-state index contributed by atoms with van der Waals surface area (Å²) in [6.07, 6.45) is 0. The first-order valence-electron chi connectivity index (χ1n) is 5.79. The molecule has 0 radical (unpaired) electrons. The minimum Gasteiger partial charge on any atom is -0.397 e. The third-order valence-corrected chi connectivity index (χ3v) is 2.72. The Morgan fingerprint density at radius 2 is 1.94 bits per heavy atom. The molecule has 1 rings (SSSR count). The maximum Gasteiger partial charge on any atom is 0.0663 e. The summed E-state index contributed by atoms with van der Waals surface area (Å²) in [5.74, 6) is 0. The third-order valence-electron chi connectivity index (χ3n) is 2.72. The number of methoxy groups -OCH3 is 2. The molecule has 0 spiro atoms. The monoisotopic (exact) mass is 238 g/mol. The van der Waals surface area contributed by atoms with E-state index in [-0.39, 0.29) is 6.04 Å². The quantitative estimate of drug-likeness (QED) is 0.735. The van der Waals surface area contributed by atoms with Crippen LogP contribution in [0.1, 0.15) is 6.92 Å². The summed E-state index contributed by atoms with van der Waals surface area (Å²) in [6.45, 7) is 4.25. The Balaban J connectivity index is 2.85. The summed E-state index contributed by atoms with van der Waals surface area (Å²) < 4.78 is 10.3. The maximum atomic E-state index is 6.00. The van der Waals surface area contributed by atoms with E-state index in [0.29, 0.717) is 13.2 Å². The Kier molecular flexibility index (Phi) is 5.80.